The predicted molar refractivity (Wildman–Crippen MR) is 97.8 cm³/mol. The van der Waals surface area contributed by atoms with Crippen LogP contribution in [0.25, 0.3) is 16.5 Å². The van der Waals surface area contributed by atoms with Crippen LogP contribution in [-0.2, 0) is 16.1 Å². The topological polar surface area (TPSA) is 31.2 Å². The fourth-order valence-corrected chi connectivity index (χ4v) is 2.93. The molecule has 0 aliphatic heterocycles. The molecule has 0 fully saturated rings. The van der Waals surface area contributed by atoms with E-state index < -0.39 is 0 Å². The lowest BCUT2D eigenvalue weighted by Gasteiger charge is -2.11. The molecule has 0 radical (unpaired) electrons. The summed E-state index contributed by atoms with van der Waals surface area (Å²) in [4.78, 5) is 11.8. The van der Waals surface area contributed by atoms with E-state index in [4.69, 9.17) is 4.74 Å². The van der Waals surface area contributed by atoms with Gasteiger partial charge in [-0.25, -0.2) is 4.79 Å². The van der Waals surface area contributed by atoms with E-state index in [2.05, 4.69) is 41.1 Å². The zero-order chi connectivity index (χ0) is 16.9. The molecule has 0 spiro atoms. The molecule has 3 heteroatoms. The average Bonchev–Trinajstić information content (AvgIpc) is 2.99. The van der Waals surface area contributed by atoms with Gasteiger partial charge in [0.1, 0.15) is 0 Å². The Morgan fingerprint density at radius 3 is 2.62 bits per heavy atom. The van der Waals surface area contributed by atoms with Gasteiger partial charge in [-0.1, -0.05) is 48.5 Å². The zero-order valence-corrected chi connectivity index (χ0v) is 14.0. The van der Waals surface area contributed by atoms with E-state index in [0.717, 1.165) is 23.2 Å². The Bertz CT molecular complexity index is 875. The van der Waals surface area contributed by atoms with Crippen molar-refractivity contribution in [2.75, 3.05) is 6.61 Å². The third-order valence-electron chi connectivity index (χ3n) is 4.03. The number of hydrogen-bond donors (Lipinski definition) is 0. The first-order valence-corrected chi connectivity index (χ1v) is 8.16. The summed E-state index contributed by atoms with van der Waals surface area (Å²) in [6.45, 7) is 4.95. The molecule has 3 aromatic rings. The van der Waals surface area contributed by atoms with Crippen LogP contribution in [0.3, 0.4) is 0 Å². The van der Waals surface area contributed by atoms with Gasteiger partial charge in [0, 0.05) is 29.8 Å². The molecular formula is C21H21NO2. The van der Waals surface area contributed by atoms with Crippen LogP contribution in [0.5, 0.6) is 0 Å². The van der Waals surface area contributed by atoms with Crippen molar-refractivity contribution in [1.82, 2.24) is 4.57 Å². The van der Waals surface area contributed by atoms with Gasteiger partial charge in [0.15, 0.2) is 0 Å². The number of fused-ring (bicyclic) bond motifs is 1. The molecule has 0 N–H and O–H groups in total. The Morgan fingerprint density at radius 2 is 1.88 bits per heavy atom. The molecule has 122 valence electrons. The molecule has 1 aromatic heterocycles. The molecule has 1 heterocycles. The Hall–Kier alpha value is -2.81. The third-order valence-corrected chi connectivity index (χ3v) is 4.03. The van der Waals surface area contributed by atoms with Gasteiger partial charge in [-0.2, -0.15) is 0 Å². The monoisotopic (exact) mass is 319 g/mol. The van der Waals surface area contributed by atoms with Crippen molar-refractivity contribution in [3.63, 3.8) is 0 Å². The van der Waals surface area contributed by atoms with Gasteiger partial charge < -0.3 is 9.30 Å². The molecule has 0 bridgehead atoms. The van der Waals surface area contributed by atoms with Gasteiger partial charge in [-0.3, -0.25) is 0 Å². The van der Waals surface area contributed by atoms with Crippen LogP contribution < -0.4 is 0 Å². The molecule has 3 rings (SSSR count). The zero-order valence-electron chi connectivity index (χ0n) is 14.0. The van der Waals surface area contributed by atoms with Crippen LogP contribution in [0.4, 0.5) is 0 Å². The van der Waals surface area contributed by atoms with E-state index in [1.165, 1.54) is 10.9 Å². The maximum absolute atomic E-state index is 11.8. The molecule has 0 saturated carbocycles. The standard InChI is InChI=1S/C21H21NO2/c1-3-24-20(23)14-16(2)19-11-7-10-18-12-13-22(21(18)19)15-17-8-5-4-6-9-17/h4-14H,3,15H2,1-2H3/b16-14+. The molecule has 0 amide bonds. The number of nitrogens with zero attached hydrogens (tertiary/aromatic N) is 1. The first-order chi connectivity index (χ1) is 11.7. The molecule has 24 heavy (non-hydrogen) atoms. The Labute approximate surface area is 142 Å². The van der Waals surface area contributed by atoms with Crippen LogP contribution >= 0.6 is 0 Å². The minimum atomic E-state index is -0.298. The molecule has 0 atom stereocenters. The van der Waals surface area contributed by atoms with Crippen LogP contribution in [0.1, 0.15) is 25.0 Å². The number of allylic oxidation sites excluding steroid dienone is 1. The lowest BCUT2D eigenvalue weighted by molar-refractivity contribution is -0.137. The fourth-order valence-electron chi connectivity index (χ4n) is 2.93. The second kappa shape index (κ2) is 7.18. The van der Waals surface area contributed by atoms with Gasteiger partial charge in [0.05, 0.1) is 12.1 Å². The number of carbonyl (C=O) groups is 1. The number of aromatic nitrogens is 1. The van der Waals surface area contributed by atoms with Crippen molar-refractivity contribution in [3.8, 4) is 0 Å². The number of carbonyl (C=O) groups excluding carboxylic acids is 1. The number of esters is 1. The van der Waals surface area contributed by atoms with E-state index in [-0.39, 0.29) is 5.97 Å². The van der Waals surface area contributed by atoms with Crippen LogP contribution in [0.15, 0.2) is 66.9 Å². The van der Waals surface area contributed by atoms with Crippen molar-refractivity contribution >= 4 is 22.4 Å². The summed E-state index contributed by atoms with van der Waals surface area (Å²) in [7, 11) is 0. The first kappa shape index (κ1) is 16.1. The summed E-state index contributed by atoms with van der Waals surface area (Å²) in [5.41, 5.74) is 4.35. The highest BCUT2D eigenvalue weighted by Gasteiger charge is 2.10. The molecular weight excluding hydrogens is 298 g/mol. The molecule has 2 aromatic carbocycles. The summed E-state index contributed by atoms with van der Waals surface area (Å²) in [5, 5.41) is 1.17. The van der Waals surface area contributed by atoms with Crippen LogP contribution in [0.2, 0.25) is 0 Å². The third kappa shape index (κ3) is 3.40. The Morgan fingerprint density at radius 1 is 1.08 bits per heavy atom. The van der Waals surface area contributed by atoms with Gasteiger partial charge in [0.25, 0.3) is 0 Å². The van der Waals surface area contributed by atoms with Gasteiger partial charge in [0.2, 0.25) is 0 Å². The number of hydrogen-bond acceptors (Lipinski definition) is 2. The van der Waals surface area contributed by atoms with Crippen molar-refractivity contribution in [2.24, 2.45) is 0 Å². The molecule has 0 unspecified atom stereocenters. The Balaban J connectivity index is 2.02. The fraction of sp³-hybridized carbons (Fsp3) is 0.190. The SMILES string of the molecule is CCOC(=O)/C=C(\C)c1cccc2ccn(Cc3ccccc3)c12. The van der Waals surface area contributed by atoms with Crippen molar-refractivity contribution in [1.29, 1.82) is 0 Å². The smallest absolute Gasteiger partial charge is 0.331 e. The van der Waals surface area contributed by atoms with Crippen LogP contribution in [0, 0.1) is 0 Å². The second-order valence-corrected chi connectivity index (χ2v) is 5.75. The van der Waals surface area contributed by atoms with E-state index in [1.54, 1.807) is 6.08 Å². The van der Waals surface area contributed by atoms with Gasteiger partial charge in [-0.15, -0.1) is 0 Å². The number of benzene rings is 2. The van der Waals surface area contributed by atoms with Crippen molar-refractivity contribution < 1.29 is 9.53 Å². The summed E-state index contributed by atoms with van der Waals surface area (Å²) < 4.78 is 7.26. The number of rotatable bonds is 5. The summed E-state index contributed by atoms with van der Waals surface area (Å²) in [6, 6.07) is 18.6. The minimum Gasteiger partial charge on any atom is -0.463 e. The first-order valence-electron chi connectivity index (χ1n) is 8.16. The molecule has 3 nitrogen and oxygen atoms in total. The highest BCUT2D eigenvalue weighted by Crippen LogP contribution is 2.27. The highest BCUT2D eigenvalue weighted by molar-refractivity contribution is 5.97. The quantitative estimate of drug-likeness (QED) is 0.506. The molecule has 0 aliphatic carbocycles. The molecule has 0 saturated heterocycles. The summed E-state index contributed by atoms with van der Waals surface area (Å²) in [6.07, 6.45) is 3.66. The maximum atomic E-state index is 11.8. The minimum absolute atomic E-state index is 0.298. The largest absolute Gasteiger partial charge is 0.463 e. The van der Waals surface area contributed by atoms with E-state index in [1.807, 2.05) is 38.1 Å². The summed E-state index contributed by atoms with van der Waals surface area (Å²) in [5.74, 6) is -0.298. The molecule has 0 aliphatic rings. The van der Waals surface area contributed by atoms with Crippen molar-refractivity contribution in [3.05, 3.63) is 78.0 Å². The predicted octanol–water partition coefficient (Wildman–Crippen LogP) is 4.66. The number of ether oxygens (including phenoxy) is 1. The average molecular weight is 319 g/mol. The van der Waals surface area contributed by atoms with Crippen LogP contribution in [-0.4, -0.2) is 17.1 Å². The Kier molecular flexibility index (Phi) is 4.80. The second-order valence-electron chi connectivity index (χ2n) is 5.75. The van der Waals surface area contributed by atoms with E-state index in [0.29, 0.717) is 6.61 Å². The summed E-state index contributed by atoms with van der Waals surface area (Å²) >= 11 is 0. The number of para-hydroxylation sites is 1. The lowest BCUT2D eigenvalue weighted by atomic mass is 10.0. The maximum Gasteiger partial charge on any atom is 0.331 e. The van der Waals surface area contributed by atoms with E-state index in [9.17, 15) is 4.79 Å². The lowest BCUT2D eigenvalue weighted by Crippen LogP contribution is -2.02. The normalized spacial score (nSPS) is 11.7. The van der Waals surface area contributed by atoms with Gasteiger partial charge in [-0.05, 0) is 31.1 Å². The van der Waals surface area contributed by atoms with E-state index >= 15 is 0 Å². The van der Waals surface area contributed by atoms with Crippen molar-refractivity contribution in [2.45, 2.75) is 20.4 Å². The van der Waals surface area contributed by atoms with Gasteiger partial charge >= 0.3 is 5.97 Å². The highest BCUT2D eigenvalue weighted by atomic mass is 16.5.